The molecule has 1 heterocycles. The smallest absolute Gasteiger partial charge is 0.178 e. The predicted molar refractivity (Wildman–Crippen MR) is 100 cm³/mol. The van der Waals surface area contributed by atoms with Gasteiger partial charge in [0.05, 0.1) is 16.8 Å². The van der Waals surface area contributed by atoms with Gasteiger partial charge in [-0.2, -0.15) is 0 Å². The van der Waals surface area contributed by atoms with Crippen molar-refractivity contribution in [1.29, 1.82) is 0 Å². The van der Waals surface area contributed by atoms with E-state index in [0.29, 0.717) is 22.6 Å². The van der Waals surface area contributed by atoms with Crippen molar-refractivity contribution in [2.24, 2.45) is 29.6 Å². The third-order valence-corrected chi connectivity index (χ3v) is 8.88. The lowest BCUT2D eigenvalue weighted by Gasteiger charge is -2.48. The summed E-state index contributed by atoms with van der Waals surface area (Å²) in [6.07, 6.45) is 5.88. The molecule has 2 saturated carbocycles. The molecule has 1 aromatic carbocycles. The molecule has 2 aliphatic carbocycles. The largest absolute Gasteiger partial charge is 0.356 e. The van der Waals surface area contributed by atoms with Crippen molar-refractivity contribution in [3.63, 3.8) is 0 Å². The molecule has 4 rings (SSSR count). The van der Waals surface area contributed by atoms with Crippen LogP contribution in [0.2, 0.25) is 0 Å². The molecule has 26 heavy (non-hydrogen) atoms. The Balaban J connectivity index is 1.66. The molecule has 0 amide bonds. The third-order valence-electron chi connectivity index (χ3n) is 7.07. The van der Waals surface area contributed by atoms with Gasteiger partial charge in [-0.25, -0.2) is 8.42 Å². The van der Waals surface area contributed by atoms with Gasteiger partial charge < -0.3 is 9.47 Å². The Morgan fingerprint density at radius 1 is 1.12 bits per heavy atom. The average molecular weight is 379 g/mol. The van der Waals surface area contributed by atoms with Crippen molar-refractivity contribution in [1.82, 2.24) is 0 Å². The molecule has 1 aromatic rings. The molecule has 0 N–H and O–H groups in total. The summed E-state index contributed by atoms with van der Waals surface area (Å²) < 4.78 is 38.0. The Hall–Kier alpha value is -0.910. The number of hydrogen-bond acceptors (Lipinski definition) is 4. The highest BCUT2D eigenvalue weighted by Crippen LogP contribution is 2.55. The first-order valence-electron chi connectivity index (χ1n) is 9.97. The van der Waals surface area contributed by atoms with Crippen LogP contribution in [0.1, 0.15) is 39.0 Å². The Morgan fingerprint density at radius 2 is 1.85 bits per heavy atom. The zero-order valence-electron chi connectivity index (χ0n) is 15.7. The Kier molecular flexibility index (Phi) is 5.15. The Bertz CT molecular complexity index is 717. The third kappa shape index (κ3) is 3.23. The highest BCUT2D eigenvalue weighted by Gasteiger charge is 2.55. The van der Waals surface area contributed by atoms with E-state index in [2.05, 4.69) is 6.92 Å². The molecular formula is C21H30O4S. The first-order valence-corrected chi connectivity index (χ1v) is 11.6. The van der Waals surface area contributed by atoms with E-state index >= 15 is 0 Å². The molecular weight excluding hydrogens is 348 g/mol. The van der Waals surface area contributed by atoms with E-state index in [1.165, 1.54) is 19.3 Å². The van der Waals surface area contributed by atoms with Gasteiger partial charge in [-0.15, -0.1) is 0 Å². The second-order valence-electron chi connectivity index (χ2n) is 8.39. The van der Waals surface area contributed by atoms with Gasteiger partial charge in [-0.05, 0) is 55.6 Å². The average Bonchev–Trinajstić information content (AvgIpc) is 2.98. The van der Waals surface area contributed by atoms with Crippen molar-refractivity contribution in [2.45, 2.75) is 56.3 Å². The molecule has 0 spiro atoms. The highest BCUT2D eigenvalue weighted by molar-refractivity contribution is 7.91. The monoisotopic (exact) mass is 378 g/mol. The minimum absolute atomic E-state index is 0.0591. The molecule has 144 valence electrons. The summed E-state index contributed by atoms with van der Waals surface area (Å²) >= 11 is 0. The maximum Gasteiger partial charge on any atom is 0.178 e. The first kappa shape index (κ1) is 18.5. The van der Waals surface area contributed by atoms with Gasteiger partial charge in [0.2, 0.25) is 0 Å². The topological polar surface area (TPSA) is 52.6 Å². The van der Waals surface area contributed by atoms with E-state index in [1.807, 2.05) is 18.2 Å². The van der Waals surface area contributed by atoms with Gasteiger partial charge in [0.15, 0.2) is 16.1 Å². The molecule has 5 heteroatoms. The summed E-state index contributed by atoms with van der Waals surface area (Å²) in [5.74, 6) is 2.13. The van der Waals surface area contributed by atoms with Gasteiger partial charge in [-0.3, -0.25) is 0 Å². The molecule has 0 radical (unpaired) electrons. The number of rotatable bonds is 4. The molecule has 0 bridgehead atoms. The fraction of sp³-hybridized carbons (Fsp3) is 0.714. The molecule has 1 aliphatic heterocycles. The zero-order chi connectivity index (χ0) is 18.3. The van der Waals surface area contributed by atoms with Gasteiger partial charge in [0, 0.05) is 13.0 Å². The molecule has 0 unspecified atom stereocenters. The molecule has 1 saturated heterocycles. The molecule has 0 aromatic heterocycles. The van der Waals surface area contributed by atoms with Gasteiger partial charge >= 0.3 is 0 Å². The van der Waals surface area contributed by atoms with Crippen molar-refractivity contribution >= 4 is 9.84 Å². The molecule has 3 aliphatic rings. The number of benzene rings is 1. The fourth-order valence-electron chi connectivity index (χ4n) is 6.04. The standard InChI is InChI=1S/C21H30O4S/c1-14-20-18(21(24-2)25-14)12-15-8-6-7-11-17(15)19(20)13-26(22,23)16-9-4-3-5-10-16/h3-5,9-10,14-15,17-21H,6-8,11-13H2,1-2H3/t14-,15+,17-,18-,19+,20-,21-/m1/s1. The first-order chi connectivity index (χ1) is 12.5. The summed E-state index contributed by atoms with van der Waals surface area (Å²) in [7, 11) is -1.58. The van der Waals surface area contributed by atoms with Gasteiger partial charge in [0.25, 0.3) is 0 Å². The van der Waals surface area contributed by atoms with Crippen LogP contribution in [-0.2, 0) is 19.3 Å². The summed E-state index contributed by atoms with van der Waals surface area (Å²) in [6.45, 7) is 2.10. The molecule has 7 atom stereocenters. The Labute approximate surface area is 157 Å². The molecule has 3 fully saturated rings. The minimum Gasteiger partial charge on any atom is -0.356 e. The molecule has 4 nitrogen and oxygen atoms in total. The number of sulfone groups is 1. The summed E-state index contributed by atoms with van der Waals surface area (Å²) in [6, 6.07) is 8.93. The van der Waals surface area contributed by atoms with Gasteiger partial charge in [-0.1, -0.05) is 37.5 Å². The quantitative estimate of drug-likeness (QED) is 0.797. The maximum atomic E-state index is 13.1. The van der Waals surface area contributed by atoms with E-state index < -0.39 is 9.84 Å². The van der Waals surface area contributed by atoms with Crippen LogP contribution in [0.5, 0.6) is 0 Å². The van der Waals surface area contributed by atoms with E-state index in [0.717, 1.165) is 12.8 Å². The predicted octanol–water partition coefficient (Wildman–Crippen LogP) is 3.91. The summed E-state index contributed by atoms with van der Waals surface area (Å²) in [5.41, 5.74) is 0. The Morgan fingerprint density at radius 3 is 2.58 bits per heavy atom. The second-order valence-corrected chi connectivity index (χ2v) is 10.4. The van der Waals surface area contributed by atoms with Crippen molar-refractivity contribution in [3.8, 4) is 0 Å². The van der Waals surface area contributed by atoms with Crippen LogP contribution in [0.3, 0.4) is 0 Å². The summed E-state index contributed by atoms with van der Waals surface area (Å²) in [5, 5.41) is 0. The van der Waals surface area contributed by atoms with Crippen LogP contribution in [0, 0.1) is 29.6 Å². The van der Waals surface area contributed by atoms with E-state index in [9.17, 15) is 8.42 Å². The fourth-order valence-corrected chi connectivity index (χ4v) is 7.78. The van der Waals surface area contributed by atoms with E-state index in [1.54, 1.807) is 19.2 Å². The minimum atomic E-state index is -3.29. The van der Waals surface area contributed by atoms with Crippen molar-refractivity contribution in [2.75, 3.05) is 12.9 Å². The number of hydrogen-bond donors (Lipinski definition) is 0. The number of ether oxygens (including phenoxy) is 2. The van der Waals surface area contributed by atoms with Crippen LogP contribution < -0.4 is 0 Å². The number of methoxy groups -OCH3 is 1. The lowest BCUT2D eigenvalue weighted by Crippen LogP contribution is -2.46. The van der Waals surface area contributed by atoms with Crippen molar-refractivity contribution in [3.05, 3.63) is 30.3 Å². The van der Waals surface area contributed by atoms with Crippen LogP contribution in [0.25, 0.3) is 0 Å². The maximum absolute atomic E-state index is 13.1. The van der Waals surface area contributed by atoms with Crippen LogP contribution in [-0.4, -0.2) is 33.7 Å². The number of fused-ring (bicyclic) bond motifs is 2. The van der Waals surface area contributed by atoms with Crippen LogP contribution in [0.15, 0.2) is 35.2 Å². The second kappa shape index (κ2) is 7.25. The van der Waals surface area contributed by atoms with E-state index in [-0.39, 0.29) is 30.0 Å². The zero-order valence-corrected chi connectivity index (χ0v) is 16.5. The van der Waals surface area contributed by atoms with E-state index in [4.69, 9.17) is 9.47 Å². The summed E-state index contributed by atoms with van der Waals surface area (Å²) in [4.78, 5) is 0.448. The highest BCUT2D eigenvalue weighted by atomic mass is 32.2. The SMILES string of the molecule is CO[C@@H]1O[C@H](C)[C@@H]2[C@H]1C[C@@H]1CCCC[C@H]1[C@@H]2CS(=O)(=O)c1ccccc1. The van der Waals surface area contributed by atoms with Crippen LogP contribution in [0.4, 0.5) is 0 Å². The normalized spacial score (nSPS) is 40.0. The van der Waals surface area contributed by atoms with Crippen LogP contribution >= 0.6 is 0 Å². The lowest BCUT2D eigenvalue weighted by atomic mass is 9.58. The van der Waals surface area contributed by atoms with Crippen molar-refractivity contribution < 1.29 is 17.9 Å². The lowest BCUT2D eigenvalue weighted by molar-refractivity contribution is -0.132. The van der Waals surface area contributed by atoms with Gasteiger partial charge in [0.1, 0.15) is 0 Å².